The number of aryl methyl sites for hydroxylation is 1. The van der Waals surface area contributed by atoms with Crippen LogP contribution in [-0.2, 0) is 30.7 Å². The Morgan fingerprint density at radius 2 is 2.18 bits per heavy atom. The topological polar surface area (TPSA) is 86.9 Å². The van der Waals surface area contributed by atoms with E-state index < -0.39 is 0 Å². The number of benzene rings is 1. The van der Waals surface area contributed by atoms with Crippen molar-refractivity contribution in [1.82, 2.24) is 29.9 Å². The summed E-state index contributed by atoms with van der Waals surface area (Å²) in [5.74, 6) is 2.42. The summed E-state index contributed by atoms with van der Waals surface area (Å²) in [7, 11) is 3.29. The van der Waals surface area contributed by atoms with Gasteiger partial charge in [0.25, 0.3) is 0 Å². The fourth-order valence-electron chi connectivity index (χ4n) is 3.71. The van der Waals surface area contributed by atoms with Gasteiger partial charge in [0.1, 0.15) is 11.6 Å². The van der Waals surface area contributed by atoms with Crippen LogP contribution in [0.3, 0.4) is 0 Å². The van der Waals surface area contributed by atoms with Crippen molar-refractivity contribution in [3.8, 4) is 5.75 Å². The van der Waals surface area contributed by atoms with Gasteiger partial charge in [-0.1, -0.05) is 18.2 Å². The molecule has 1 amide bonds. The van der Waals surface area contributed by atoms with Crippen LogP contribution in [0.5, 0.6) is 5.75 Å². The quantitative estimate of drug-likeness (QED) is 0.701. The van der Waals surface area contributed by atoms with Gasteiger partial charge < -0.3 is 10.1 Å². The van der Waals surface area contributed by atoms with E-state index in [1.807, 2.05) is 39.8 Å². The highest BCUT2D eigenvalue weighted by Gasteiger charge is 2.26. The van der Waals surface area contributed by atoms with Gasteiger partial charge in [-0.2, -0.15) is 10.2 Å². The molecule has 0 bridgehead atoms. The van der Waals surface area contributed by atoms with E-state index in [2.05, 4.69) is 21.6 Å². The Morgan fingerprint density at radius 1 is 1.32 bits per heavy atom. The smallest absolute Gasteiger partial charge is 0.227 e. The van der Waals surface area contributed by atoms with E-state index in [0.29, 0.717) is 12.4 Å². The molecule has 146 valence electrons. The molecular formula is C20H24N6O2. The van der Waals surface area contributed by atoms with Gasteiger partial charge in [0, 0.05) is 37.0 Å². The first kappa shape index (κ1) is 18.2. The second kappa shape index (κ2) is 7.84. The van der Waals surface area contributed by atoms with Gasteiger partial charge in [-0.05, 0) is 25.0 Å². The third-order valence-corrected chi connectivity index (χ3v) is 5.17. The second-order valence-electron chi connectivity index (χ2n) is 6.94. The van der Waals surface area contributed by atoms with Gasteiger partial charge in [0.2, 0.25) is 5.91 Å². The van der Waals surface area contributed by atoms with E-state index in [9.17, 15) is 4.79 Å². The highest BCUT2D eigenvalue weighted by atomic mass is 16.5. The van der Waals surface area contributed by atoms with Gasteiger partial charge in [-0.25, -0.2) is 9.67 Å². The van der Waals surface area contributed by atoms with Crippen molar-refractivity contribution in [1.29, 1.82) is 0 Å². The maximum atomic E-state index is 11.8. The van der Waals surface area contributed by atoms with E-state index in [1.165, 1.54) is 5.69 Å². The molecule has 0 saturated carbocycles. The third kappa shape index (κ3) is 3.62. The number of rotatable bonds is 6. The molecule has 1 atom stereocenters. The Balaban J connectivity index is 1.66. The molecule has 3 heterocycles. The number of carbonyl (C=O) groups excluding carboxylic acids is 1. The van der Waals surface area contributed by atoms with Crippen LogP contribution in [0.15, 0.2) is 36.5 Å². The molecule has 1 aliphatic heterocycles. The van der Waals surface area contributed by atoms with Crippen LogP contribution in [0.25, 0.3) is 0 Å². The van der Waals surface area contributed by atoms with E-state index in [0.717, 1.165) is 36.5 Å². The van der Waals surface area contributed by atoms with E-state index in [1.54, 1.807) is 14.2 Å². The summed E-state index contributed by atoms with van der Waals surface area (Å²) in [6.07, 6.45) is 3.82. The number of ether oxygens (including phenoxy) is 1. The molecule has 1 unspecified atom stereocenters. The molecule has 0 radical (unpaired) electrons. The van der Waals surface area contributed by atoms with Crippen molar-refractivity contribution < 1.29 is 9.53 Å². The van der Waals surface area contributed by atoms with Crippen molar-refractivity contribution >= 4 is 5.91 Å². The number of para-hydroxylation sites is 1. The normalized spacial score (nSPS) is 15.9. The van der Waals surface area contributed by atoms with Crippen LogP contribution in [0.1, 0.15) is 35.2 Å². The molecule has 0 aliphatic carbocycles. The number of methoxy groups -OCH3 is 1. The summed E-state index contributed by atoms with van der Waals surface area (Å²) in [6, 6.07) is 9.96. The maximum absolute atomic E-state index is 11.8. The number of carbonyl (C=O) groups is 1. The lowest BCUT2D eigenvalue weighted by Gasteiger charge is -2.23. The summed E-state index contributed by atoms with van der Waals surface area (Å²) < 4.78 is 9.46. The fourth-order valence-corrected chi connectivity index (χ4v) is 3.71. The molecule has 2 aromatic heterocycles. The number of nitrogens with one attached hydrogen (secondary N) is 1. The molecular weight excluding hydrogens is 356 g/mol. The molecule has 0 fully saturated rings. The first-order chi connectivity index (χ1) is 13.7. The zero-order valence-electron chi connectivity index (χ0n) is 16.1. The molecule has 1 aromatic carbocycles. The Bertz CT molecular complexity index is 977. The average molecular weight is 380 g/mol. The van der Waals surface area contributed by atoms with Crippen LogP contribution >= 0.6 is 0 Å². The molecule has 0 saturated heterocycles. The summed E-state index contributed by atoms with van der Waals surface area (Å²) in [6.45, 7) is 1.41. The number of hydrogen-bond acceptors (Lipinski definition) is 5. The molecule has 3 aromatic rings. The zero-order chi connectivity index (χ0) is 19.5. The summed E-state index contributed by atoms with van der Waals surface area (Å²) in [5, 5.41) is 11.7. The lowest BCUT2D eigenvalue weighted by molar-refractivity contribution is -0.120. The molecule has 1 N–H and O–H groups in total. The van der Waals surface area contributed by atoms with Crippen LogP contribution in [0, 0.1) is 0 Å². The fraction of sp³-hybridized carbons (Fsp3) is 0.400. The standard InChI is InChI=1S/C20H24N6O2/c1-21-19(27)12-18-23-20(14-8-10-25-16(11-14)7-9-22-25)26(24-18)13-15-5-3-4-6-17(15)28-2/h3-7,9,14H,8,10-13H2,1-2H3,(H,21,27). The predicted octanol–water partition coefficient (Wildman–Crippen LogP) is 1.55. The number of amides is 1. The predicted molar refractivity (Wildman–Crippen MR) is 103 cm³/mol. The molecule has 28 heavy (non-hydrogen) atoms. The number of fused-ring (bicyclic) bond motifs is 1. The number of aromatic nitrogens is 5. The Kier molecular flexibility index (Phi) is 5.10. The van der Waals surface area contributed by atoms with Crippen LogP contribution in [0.4, 0.5) is 0 Å². The Hall–Kier alpha value is -3.16. The number of nitrogens with zero attached hydrogens (tertiary/aromatic N) is 5. The zero-order valence-corrected chi connectivity index (χ0v) is 16.1. The van der Waals surface area contributed by atoms with Crippen molar-refractivity contribution in [2.24, 2.45) is 0 Å². The SMILES string of the molecule is CNC(=O)Cc1nc(C2CCn3nccc3C2)n(Cc2ccccc2OC)n1. The molecule has 0 spiro atoms. The summed E-state index contributed by atoms with van der Waals surface area (Å²) in [5.41, 5.74) is 2.24. The van der Waals surface area contributed by atoms with Crippen molar-refractivity contribution in [2.75, 3.05) is 14.2 Å². The lowest BCUT2D eigenvalue weighted by Crippen LogP contribution is -2.22. The van der Waals surface area contributed by atoms with Gasteiger partial charge in [0.15, 0.2) is 5.82 Å². The molecule has 4 rings (SSSR count). The minimum absolute atomic E-state index is 0.0947. The van der Waals surface area contributed by atoms with Crippen LogP contribution in [-0.4, -0.2) is 44.6 Å². The van der Waals surface area contributed by atoms with Crippen molar-refractivity contribution in [3.63, 3.8) is 0 Å². The lowest BCUT2D eigenvalue weighted by atomic mass is 9.95. The minimum Gasteiger partial charge on any atom is -0.496 e. The maximum Gasteiger partial charge on any atom is 0.227 e. The Labute approximate surface area is 163 Å². The largest absolute Gasteiger partial charge is 0.496 e. The Morgan fingerprint density at radius 3 is 3.00 bits per heavy atom. The average Bonchev–Trinajstić information content (AvgIpc) is 3.34. The highest BCUT2D eigenvalue weighted by Crippen LogP contribution is 2.29. The minimum atomic E-state index is -0.0947. The van der Waals surface area contributed by atoms with Crippen molar-refractivity contribution in [3.05, 3.63) is 59.4 Å². The van der Waals surface area contributed by atoms with Gasteiger partial charge in [-0.15, -0.1) is 0 Å². The van der Waals surface area contributed by atoms with Gasteiger partial charge >= 0.3 is 0 Å². The van der Waals surface area contributed by atoms with E-state index >= 15 is 0 Å². The number of hydrogen-bond donors (Lipinski definition) is 1. The van der Waals surface area contributed by atoms with Crippen molar-refractivity contribution in [2.45, 2.75) is 38.3 Å². The van der Waals surface area contributed by atoms with Gasteiger partial charge in [-0.3, -0.25) is 9.48 Å². The van der Waals surface area contributed by atoms with E-state index in [-0.39, 0.29) is 18.2 Å². The first-order valence-electron chi connectivity index (χ1n) is 9.44. The van der Waals surface area contributed by atoms with Crippen LogP contribution < -0.4 is 10.1 Å². The third-order valence-electron chi connectivity index (χ3n) is 5.17. The summed E-state index contributed by atoms with van der Waals surface area (Å²) >= 11 is 0. The molecule has 8 nitrogen and oxygen atoms in total. The van der Waals surface area contributed by atoms with Gasteiger partial charge in [0.05, 0.1) is 20.1 Å². The monoisotopic (exact) mass is 380 g/mol. The first-order valence-corrected chi connectivity index (χ1v) is 9.44. The highest BCUT2D eigenvalue weighted by molar-refractivity contribution is 5.77. The second-order valence-corrected chi connectivity index (χ2v) is 6.94. The molecule has 8 heteroatoms. The number of likely N-dealkylation sites (N-methyl/N-ethyl adjacent to an activating group) is 1. The van der Waals surface area contributed by atoms with E-state index in [4.69, 9.17) is 9.72 Å². The molecule has 1 aliphatic rings. The summed E-state index contributed by atoms with van der Waals surface area (Å²) in [4.78, 5) is 16.6. The van der Waals surface area contributed by atoms with Crippen LogP contribution in [0.2, 0.25) is 0 Å².